The number of carbonyl (C=O) groups excluding carboxylic acids is 1. The van der Waals surface area contributed by atoms with E-state index in [9.17, 15) is 13.2 Å². The molecule has 0 N–H and O–H groups in total. The molecule has 1 amide bonds. The van der Waals surface area contributed by atoms with E-state index in [4.69, 9.17) is 11.6 Å². The Morgan fingerprint density at radius 2 is 1.79 bits per heavy atom. The van der Waals surface area contributed by atoms with Gasteiger partial charge in [-0.2, -0.15) is 4.31 Å². The third-order valence-electron chi connectivity index (χ3n) is 6.41. The Bertz CT molecular complexity index is 1270. The Kier molecular flexibility index (Phi) is 6.49. The molecule has 0 saturated carbocycles. The van der Waals surface area contributed by atoms with E-state index in [0.717, 1.165) is 36.0 Å². The summed E-state index contributed by atoms with van der Waals surface area (Å²) in [6.07, 6.45) is 4.03. The van der Waals surface area contributed by atoms with Crippen LogP contribution in [0.2, 0.25) is 5.02 Å². The van der Waals surface area contributed by atoms with Crippen LogP contribution >= 0.6 is 34.3 Å². The second-order valence-corrected chi connectivity index (χ2v) is 13.3. The molecule has 1 aromatic carbocycles. The molecule has 2 aliphatic rings. The third kappa shape index (κ3) is 4.69. The number of benzene rings is 1. The minimum absolute atomic E-state index is 0.104. The first-order valence-electron chi connectivity index (χ1n) is 10.9. The van der Waals surface area contributed by atoms with Crippen LogP contribution in [0.5, 0.6) is 0 Å². The van der Waals surface area contributed by atoms with E-state index >= 15 is 0 Å². The Hall–Kier alpha value is -1.56. The molecule has 2 saturated heterocycles. The molecule has 2 fully saturated rings. The normalized spacial score (nSPS) is 19.4. The van der Waals surface area contributed by atoms with Crippen molar-refractivity contribution in [1.82, 2.24) is 19.1 Å². The maximum atomic E-state index is 13.2. The van der Waals surface area contributed by atoms with E-state index in [0.29, 0.717) is 33.2 Å². The van der Waals surface area contributed by atoms with Crippen LogP contribution in [0.1, 0.15) is 33.4 Å². The molecule has 0 bridgehead atoms. The summed E-state index contributed by atoms with van der Waals surface area (Å²) in [4.78, 5) is 22.6. The SMILES string of the molecule is CN1CCC(c2cnc(C(=O)N3CCN(S(=O)(=O)c4cc5ccc(Cl)cc5s4)CC3)s2)CC1. The molecular formula is C22H25ClN4O3S3. The summed E-state index contributed by atoms with van der Waals surface area (Å²) in [6, 6.07) is 7.07. The Morgan fingerprint density at radius 3 is 2.52 bits per heavy atom. The zero-order valence-electron chi connectivity index (χ0n) is 18.2. The number of nitrogens with zero attached hydrogens (tertiary/aromatic N) is 4. The molecule has 176 valence electrons. The number of hydrogen-bond donors (Lipinski definition) is 0. The van der Waals surface area contributed by atoms with Crippen LogP contribution in [-0.2, 0) is 10.0 Å². The maximum absolute atomic E-state index is 13.2. The Labute approximate surface area is 206 Å². The Morgan fingerprint density at radius 1 is 1.06 bits per heavy atom. The molecule has 5 rings (SSSR count). The molecule has 0 unspecified atom stereocenters. The number of likely N-dealkylation sites (tertiary alicyclic amines) is 1. The third-order valence-corrected chi connectivity index (χ3v) is 11.2. The lowest BCUT2D eigenvalue weighted by Gasteiger charge is -2.33. The van der Waals surface area contributed by atoms with Crippen molar-refractivity contribution in [3.63, 3.8) is 0 Å². The van der Waals surface area contributed by atoms with E-state index < -0.39 is 10.0 Å². The molecule has 0 spiro atoms. The summed E-state index contributed by atoms with van der Waals surface area (Å²) in [5.74, 6) is 0.367. The van der Waals surface area contributed by atoms with Gasteiger partial charge in [-0.25, -0.2) is 13.4 Å². The van der Waals surface area contributed by atoms with Crippen molar-refractivity contribution in [1.29, 1.82) is 0 Å². The predicted molar refractivity (Wildman–Crippen MR) is 133 cm³/mol. The van der Waals surface area contributed by atoms with Crippen molar-refractivity contribution >= 4 is 60.3 Å². The van der Waals surface area contributed by atoms with Crippen molar-refractivity contribution in [3.05, 3.63) is 45.4 Å². The number of thiophene rings is 1. The number of piperidine rings is 1. The topological polar surface area (TPSA) is 73.8 Å². The van der Waals surface area contributed by atoms with Gasteiger partial charge in [-0.15, -0.1) is 22.7 Å². The number of carbonyl (C=O) groups is 1. The van der Waals surface area contributed by atoms with Crippen LogP contribution in [0.25, 0.3) is 10.1 Å². The molecule has 0 atom stereocenters. The second-order valence-electron chi connectivity index (χ2n) is 8.59. The fraction of sp³-hybridized carbons (Fsp3) is 0.455. The van der Waals surface area contributed by atoms with Crippen molar-refractivity contribution in [2.75, 3.05) is 46.3 Å². The van der Waals surface area contributed by atoms with Gasteiger partial charge < -0.3 is 9.80 Å². The first kappa shape index (κ1) is 23.2. The Balaban J connectivity index is 1.23. The number of thiazole rings is 1. The molecule has 4 heterocycles. The van der Waals surface area contributed by atoms with Gasteiger partial charge in [-0.1, -0.05) is 17.7 Å². The molecular weight excluding hydrogens is 500 g/mol. The van der Waals surface area contributed by atoms with Gasteiger partial charge in [-0.05, 0) is 62.5 Å². The number of halogens is 1. The van der Waals surface area contributed by atoms with Crippen LogP contribution in [0.3, 0.4) is 0 Å². The number of fused-ring (bicyclic) bond motifs is 1. The van der Waals surface area contributed by atoms with Crippen molar-refractivity contribution in [2.24, 2.45) is 0 Å². The van der Waals surface area contributed by atoms with Gasteiger partial charge in [0.2, 0.25) is 0 Å². The smallest absolute Gasteiger partial charge is 0.282 e. The lowest BCUT2D eigenvalue weighted by Crippen LogP contribution is -2.50. The summed E-state index contributed by atoms with van der Waals surface area (Å²) in [7, 11) is -1.48. The quantitative estimate of drug-likeness (QED) is 0.516. The number of sulfonamides is 1. The van der Waals surface area contributed by atoms with Crippen LogP contribution in [-0.4, -0.2) is 79.7 Å². The fourth-order valence-electron chi connectivity index (χ4n) is 4.37. The van der Waals surface area contributed by atoms with E-state index in [2.05, 4.69) is 16.9 Å². The molecule has 0 radical (unpaired) electrons. The minimum Gasteiger partial charge on any atom is -0.334 e. The number of piperazine rings is 1. The minimum atomic E-state index is -3.61. The van der Waals surface area contributed by atoms with Crippen LogP contribution in [0.4, 0.5) is 0 Å². The summed E-state index contributed by atoms with van der Waals surface area (Å²) in [5, 5.41) is 1.95. The number of aromatic nitrogens is 1. The molecule has 2 aliphatic heterocycles. The molecule has 7 nitrogen and oxygen atoms in total. The van der Waals surface area contributed by atoms with E-state index in [1.807, 2.05) is 12.3 Å². The van der Waals surface area contributed by atoms with Crippen LogP contribution in [0.15, 0.2) is 34.7 Å². The zero-order chi connectivity index (χ0) is 23.2. The highest BCUT2D eigenvalue weighted by Gasteiger charge is 2.32. The fourth-order valence-corrected chi connectivity index (χ4v) is 8.67. The summed E-state index contributed by atoms with van der Waals surface area (Å²) in [6.45, 7) is 3.40. The molecule has 2 aromatic heterocycles. The van der Waals surface area contributed by atoms with Crippen LogP contribution in [0, 0.1) is 0 Å². The van der Waals surface area contributed by atoms with Gasteiger partial charge in [0, 0.05) is 47.0 Å². The van der Waals surface area contributed by atoms with E-state index in [-0.39, 0.29) is 19.0 Å². The van der Waals surface area contributed by atoms with Crippen molar-refractivity contribution in [3.8, 4) is 0 Å². The summed E-state index contributed by atoms with van der Waals surface area (Å²) in [5.41, 5.74) is 0. The number of hydrogen-bond acceptors (Lipinski definition) is 7. The lowest BCUT2D eigenvalue weighted by atomic mass is 9.96. The van der Waals surface area contributed by atoms with Gasteiger partial charge in [0.1, 0.15) is 4.21 Å². The first-order valence-corrected chi connectivity index (χ1v) is 14.4. The highest BCUT2D eigenvalue weighted by molar-refractivity contribution is 7.91. The maximum Gasteiger partial charge on any atom is 0.282 e. The van der Waals surface area contributed by atoms with Gasteiger partial charge >= 0.3 is 0 Å². The van der Waals surface area contributed by atoms with Gasteiger partial charge in [0.05, 0.1) is 0 Å². The van der Waals surface area contributed by atoms with Gasteiger partial charge in [-0.3, -0.25) is 4.79 Å². The molecule has 3 aromatic rings. The first-order chi connectivity index (χ1) is 15.8. The highest BCUT2D eigenvalue weighted by atomic mass is 35.5. The lowest BCUT2D eigenvalue weighted by molar-refractivity contribution is 0.0697. The summed E-state index contributed by atoms with van der Waals surface area (Å²) < 4.78 is 29.0. The summed E-state index contributed by atoms with van der Waals surface area (Å²) >= 11 is 8.76. The average molecular weight is 525 g/mol. The van der Waals surface area contributed by atoms with Gasteiger partial charge in [0.15, 0.2) is 5.01 Å². The molecule has 11 heteroatoms. The standard InChI is InChI=1S/C22H25ClN4O3S3/c1-25-6-4-15(5-7-25)19-14-24-21(32-19)22(28)26-8-10-27(11-9-26)33(29,30)20-12-16-2-3-17(23)13-18(16)31-20/h2-3,12-15H,4-11H2,1H3. The average Bonchev–Trinajstić information content (AvgIpc) is 3.47. The zero-order valence-corrected chi connectivity index (χ0v) is 21.4. The monoisotopic (exact) mass is 524 g/mol. The van der Waals surface area contributed by atoms with Crippen molar-refractivity contribution < 1.29 is 13.2 Å². The number of amides is 1. The molecule has 33 heavy (non-hydrogen) atoms. The number of rotatable bonds is 4. The largest absolute Gasteiger partial charge is 0.334 e. The van der Waals surface area contributed by atoms with Gasteiger partial charge in [0.25, 0.3) is 15.9 Å². The van der Waals surface area contributed by atoms with E-state index in [1.54, 1.807) is 23.1 Å². The second kappa shape index (κ2) is 9.24. The predicted octanol–water partition coefficient (Wildman–Crippen LogP) is 3.97. The highest BCUT2D eigenvalue weighted by Crippen LogP contribution is 2.34. The van der Waals surface area contributed by atoms with Crippen molar-refractivity contribution in [2.45, 2.75) is 23.0 Å². The molecule has 0 aliphatic carbocycles. The van der Waals surface area contributed by atoms with Crippen LogP contribution < -0.4 is 0 Å². The van der Waals surface area contributed by atoms with E-state index in [1.165, 1.54) is 31.9 Å².